The molecule has 0 atom stereocenters. The van der Waals surface area contributed by atoms with Gasteiger partial charge in [0.15, 0.2) is 11.5 Å². The SMILES string of the molecule is COc1cc(/C=N\NC(=O)C(=O)Nc2cccc(C)c2C)ccc1OCc1ccc(Cl)cc1. The largest absolute Gasteiger partial charge is 0.493 e. The lowest BCUT2D eigenvalue weighted by atomic mass is 10.1. The highest BCUT2D eigenvalue weighted by molar-refractivity contribution is 6.39. The molecule has 0 aliphatic rings. The molecule has 3 rings (SSSR count). The van der Waals surface area contributed by atoms with Gasteiger partial charge >= 0.3 is 11.8 Å². The third-order valence-electron chi connectivity index (χ3n) is 4.93. The number of hydrazone groups is 1. The summed E-state index contributed by atoms with van der Waals surface area (Å²) in [5.74, 6) is -0.611. The number of methoxy groups -OCH3 is 1. The number of amides is 2. The van der Waals surface area contributed by atoms with Crippen molar-refractivity contribution in [2.45, 2.75) is 20.5 Å². The first-order valence-electron chi connectivity index (χ1n) is 10.1. The number of nitrogens with zero attached hydrogens (tertiary/aromatic N) is 1. The maximum absolute atomic E-state index is 12.1. The molecule has 0 bridgehead atoms. The first kappa shape index (κ1) is 23.8. The average molecular weight is 466 g/mol. The smallest absolute Gasteiger partial charge is 0.329 e. The standard InChI is InChI=1S/C25H24ClN3O4/c1-16-5-4-6-21(17(16)2)28-24(30)25(31)29-27-14-19-9-12-22(23(13-19)32-3)33-15-18-7-10-20(26)11-8-18/h4-14H,15H2,1-3H3,(H,28,30)(H,29,31)/b27-14-. The van der Waals surface area contributed by atoms with E-state index in [-0.39, 0.29) is 0 Å². The Kier molecular flexibility index (Phi) is 8.05. The van der Waals surface area contributed by atoms with Gasteiger partial charge in [0.05, 0.1) is 13.3 Å². The highest BCUT2D eigenvalue weighted by atomic mass is 35.5. The molecule has 7 nitrogen and oxygen atoms in total. The summed E-state index contributed by atoms with van der Waals surface area (Å²) in [5, 5.41) is 7.11. The lowest BCUT2D eigenvalue weighted by Crippen LogP contribution is -2.32. The van der Waals surface area contributed by atoms with Crippen LogP contribution in [0.15, 0.2) is 65.8 Å². The summed E-state index contributed by atoms with van der Waals surface area (Å²) < 4.78 is 11.2. The Morgan fingerprint density at radius 3 is 2.48 bits per heavy atom. The molecular formula is C25H24ClN3O4. The second kappa shape index (κ2) is 11.2. The number of hydrogen-bond acceptors (Lipinski definition) is 5. The molecule has 170 valence electrons. The lowest BCUT2D eigenvalue weighted by Gasteiger charge is -2.11. The van der Waals surface area contributed by atoms with Crippen LogP contribution >= 0.6 is 11.6 Å². The zero-order valence-corrected chi connectivity index (χ0v) is 19.3. The summed E-state index contributed by atoms with van der Waals surface area (Å²) >= 11 is 5.90. The highest BCUT2D eigenvalue weighted by Crippen LogP contribution is 2.28. The van der Waals surface area contributed by atoms with Crippen LogP contribution in [0.5, 0.6) is 11.5 Å². The molecule has 3 aromatic carbocycles. The van der Waals surface area contributed by atoms with E-state index in [0.717, 1.165) is 16.7 Å². The third-order valence-corrected chi connectivity index (χ3v) is 5.19. The lowest BCUT2D eigenvalue weighted by molar-refractivity contribution is -0.136. The first-order valence-corrected chi connectivity index (χ1v) is 10.5. The summed E-state index contributed by atoms with van der Waals surface area (Å²) in [6.45, 7) is 4.15. The van der Waals surface area contributed by atoms with Gasteiger partial charge in [-0.3, -0.25) is 9.59 Å². The molecule has 0 unspecified atom stereocenters. The number of anilines is 1. The van der Waals surface area contributed by atoms with Crippen molar-refractivity contribution in [3.05, 3.63) is 87.9 Å². The van der Waals surface area contributed by atoms with Crippen LogP contribution in [-0.2, 0) is 16.2 Å². The van der Waals surface area contributed by atoms with Crippen molar-refractivity contribution < 1.29 is 19.1 Å². The van der Waals surface area contributed by atoms with Crippen LogP contribution < -0.4 is 20.2 Å². The first-order chi connectivity index (χ1) is 15.9. The van der Waals surface area contributed by atoms with Crippen LogP contribution in [0.25, 0.3) is 0 Å². The fourth-order valence-electron chi connectivity index (χ4n) is 2.91. The van der Waals surface area contributed by atoms with E-state index in [2.05, 4.69) is 15.8 Å². The zero-order valence-electron chi connectivity index (χ0n) is 18.5. The van der Waals surface area contributed by atoms with E-state index in [0.29, 0.717) is 34.4 Å². The monoisotopic (exact) mass is 465 g/mol. The number of rotatable bonds is 7. The van der Waals surface area contributed by atoms with Gasteiger partial charge in [0.2, 0.25) is 0 Å². The van der Waals surface area contributed by atoms with Crippen molar-refractivity contribution >= 4 is 35.3 Å². The van der Waals surface area contributed by atoms with Gasteiger partial charge in [-0.1, -0.05) is 35.9 Å². The van der Waals surface area contributed by atoms with Crippen LogP contribution in [0.2, 0.25) is 5.02 Å². The number of aryl methyl sites for hydroxylation is 1. The molecule has 0 fully saturated rings. The number of nitrogens with one attached hydrogen (secondary N) is 2. The third kappa shape index (κ3) is 6.57. The Morgan fingerprint density at radius 2 is 1.76 bits per heavy atom. The molecule has 0 aliphatic heterocycles. The Bertz CT molecular complexity index is 1180. The Hall–Kier alpha value is -3.84. The molecule has 3 aromatic rings. The summed E-state index contributed by atoms with van der Waals surface area (Å²) in [4.78, 5) is 24.2. The number of hydrogen-bond donors (Lipinski definition) is 2. The number of carbonyl (C=O) groups excluding carboxylic acids is 2. The van der Waals surface area contributed by atoms with Gasteiger partial charge in [0, 0.05) is 10.7 Å². The molecule has 2 N–H and O–H groups in total. The van der Waals surface area contributed by atoms with Gasteiger partial charge in [-0.15, -0.1) is 0 Å². The fourth-order valence-corrected chi connectivity index (χ4v) is 3.03. The minimum atomic E-state index is -0.873. The van der Waals surface area contributed by atoms with E-state index in [1.54, 1.807) is 36.4 Å². The number of ether oxygens (including phenoxy) is 2. The predicted octanol–water partition coefficient (Wildman–Crippen LogP) is 4.63. The van der Waals surface area contributed by atoms with Gasteiger partial charge in [0.25, 0.3) is 0 Å². The highest BCUT2D eigenvalue weighted by Gasteiger charge is 2.14. The molecule has 0 aliphatic carbocycles. The van der Waals surface area contributed by atoms with Crippen molar-refractivity contribution in [2.75, 3.05) is 12.4 Å². The summed E-state index contributed by atoms with van der Waals surface area (Å²) in [6, 6.07) is 18.0. The fraction of sp³-hybridized carbons (Fsp3) is 0.160. The van der Waals surface area contributed by atoms with Gasteiger partial charge in [-0.25, -0.2) is 5.43 Å². The molecule has 8 heteroatoms. The molecule has 0 saturated heterocycles. The van der Waals surface area contributed by atoms with Gasteiger partial charge < -0.3 is 14.8 Å². The van der Waals surface area contributed by atoms with Crippen molar-refractivity contribution in [1.29, 1.82) is 0 Å². The maximum Gasteiger partial charge on any atom is 0.329 e. The summed E-state index contributed by atoms with van der Waals surface area (Å²) in [7, 11) is 1.53. The summed E-state index contributed by atoms with van der Waals surface area (Å²) in [5.41, 5.74) is 6.34. The molecule has 0 aromatic heterocycles. The number of carbonyl (C=O) groups is 2. The average Bonchev–Trinajstić information content (AvgIpc) is 2.81. The van der Waals surface area contributed by atoms with E-state index < -0.39 is 11.8 Å². The quantitative estimate of drug-likeness (QED) is 0.302. The van der Waals surface area contributed by atoms with E-state index in [9.17, 15) is 9.59 Å². The molecule has 0 saturated carbocycles. The molecule has 33 heavy (non-hydrogen) atoms. The van der Waals surface area contributed by atoms with E-state index in [4.69, 9.17) is 21.1 Å². The van der Waals surface area contributed by atoms with E-state index in [1.807, 2.05) is 38.1 Å². The van der Waals surface area contributed by atoms with Gasteiger partial charge in [-0.05, 0) is 72.5 Å². The second-order valence-electron chi connectivity index (χ2n) is 7.23. The van der Waals surface area contributed by atoms with Crippen molar-refractivity contribution in [3.63, 3.8) is 0 Å². The maximum atomic E-state index is 12.1. The minimum absolute atomic E-state index is 0.354. The Balaban J connectivity index is 1.57. The Labute approximate surface area is 197 Å². The van der Waals surface area contributed by atoms with Gasteiger partial charge in [-0.2, -0.15) is 5.10 Å². The van der Waals surface area contributed by atoms with Crippen molar-refractivity contribution in [1.82, 2.24) is 5.43 Å². The van der Waals surface area contributed by atoms with Crippen LogP contribution in [0.4, 0.5) is 5.69 Å². The normalized spacial score (nSPS) is 10.7. The molecule has 0 radical (unpaired) electrons. The van der Waals surface area contributed by atoms with Crippen LogP contribution in [-0.4, -0.2) is 25.1 Å². The van der Waals surface area contributed by atoms with Crippen molar-refractivity contribution in [3.8, 4) is 11.5 Å². The zero-order chi connectivity index (χ0) is 23.8. The number of halogens is 1. The topological polar surface area (TPSA) is 89.0 Å². The van der Waals surface area contributed by atoms with E-state index in [1.165, 1.54) is 13.3 Å². The molecule has 0 spiro atoms. The predicted molar refractivity (Wildman–Crippen MR) is 129 cm³/mol. The van der Waals surface area contributed by atoms with E-state index >= 15 is 0 Å². The summed E-state index contributed by atoms with van der Waals surface area (Å²) in [6.07, 6.45) is 1.41. The van der Waals surface area contributed by atoms with Crippen LogP contribution in [0.1, 0.15) is 22.3 Å². The molecule has 0 heterocycles. The molecular weight excluding hydrogens is 442 g/mol. The van der Waals surface area contributed by atoms with Crippen LogP contribution in [0, 0.1) is 13.8 Å². The Morgan fingerprint density at radius 1 is 1.00 bits per heavy atom. The minimum Gasteiger partial charge on any atom is -0.493 e. The van der Waals surface area contributed by atoms with Crippen molar-refractivity contribution in [2.24, 2.45) is 5.10 Å². The second-order valence-corrected chi connectivity index (χ2v) is 7.66. The van der Waals surface area contributed by atoms with Gasteiger partial charge in [0.1, 0.15) is 6.61 Å². The number of benzene rings is 3. The molecule has 2 amide bonds. The van der Waals surface area contributed by atoms with Crippen LogP contribution in [0.3, 0.4) is 0 Å².